The second-order valence-corrected chi connectivity index (χ2v) is 3.91. The summed E-state index contributed by atoms with van der Waals surface area (Å²) in [7, 11) is 0. The molecule has 0 bridgehead atoms. The van der Waals surface area contributed by atoms with Crippen LogP contribution in [0, 0.1) is 0 Å². The number of carbonyl (C=O) groups is 1. The minimum absolute atomic E-state index is 0.224. The number of rotatable bonds is 5. The van der Waals surface area contributed by atoms with E-state index in [4.69, 9.17) is 9.47 Å². The molecule has 2 rings (SSSR count). The largest absolute Gasteiger partial charge is 0.493 e. The van der Waals surface area contributed by atoms with Crippen LogP contribution < -0.4 is 4.74 Å². The van der Waals surface area contributed by atoms with Crippen LogP contribution in [-0.2, 0) is 9.53 Å². The standard InChI is InChI=1S/C15H16O3/c1-2-17-15(16)9-10-18-14-8-7-12-5-3-4-6-13(12)11-14/h3-8,11H,2,9-10H2,1H3. The van der Waals surface area contributed by atoms with Gasteiger partial charge in [-0.05, 0) is 29.8 Å². The van der Waals surface area contributed by atoms with Crippen molar-refractivity contribution in [3.05, 3.63) is 42.5 Å². The molecule has 0 fully saturated rings. The molecule has 0 N–H and O–H groups in total. The van der Waals surface area contributed by atoms with E-state index in [9.17, 15) is 4.79 Å². The molecule has 0 spiro atoms. The second-order valence-electron chi connectivity index (χ2n) is 3.91. The van der Waals surface area contributed by atoms with Crippen molar-refractivity contribution < 1.29 is 14.3 Å². The van der Waals surface area contributed by atoms with Gasteiger partial charge in [0.1, 0.15) is 5.75 Å². The number of esters is 1. The Morgan fingerprint density at radius 3 is 2.67 bits per heavy atom. The van der Waals surface area contributed by atoms with Crippen LogP contribution in [0.15, 0.2) is 42.5 Å². The summed E-state index contributed by atoms with van der Waals surface area (Å²) < 4.78 is 10.4. The number of benzene rings is 2. The van der Waals surface area contributed by atoms with Crippen LogP contribution in [0.1, 0.15) is 13.3 Å². The number of fused-ring (bicyclic) bond motifs is 1. The molecule has 0 heterocycles. The third-order valence-corrected chi connectivity index (χ3v) is 2.60. The lowest BCUT2D eigenvalue weighted by atomic mass is 10.1. The topological polar surface area (TPSA) is 35.5 Å². The third-order valence-electron chi connectivity index (χ3n) is 2.60. The maximum atomic E-state index is 11.1. The van der Waals surface area contributed by atoms with Gasteiger partial charge in [-0.2, -0.15) is 0 Å². The van der Waals surface area contributed by atoms with Crippen LogP contribution in [0.25, 0.3) is 10.8 Å². The van der Waals surface area contributed by atoms with Crippen LogP contribution in [-0.4, -0.2) is 19.2 Å². The van der Waals surface area contributed by atoms with Crippen LogP contribution in [0.5, 0.6) is 5.75 Å². The van der Waals surface area contributed by atoms with Crippen molar-refractivity contribution in [2.75, 3.05) is 13.2 Å². The summed E-state index contributed by atoms with van der Waals surface area (Å²) in [5.74, 6) is 0.552. The monoisotopic (exact) mass is 244 g/mol. The first-order valence-corrected chi connectivity index (χ1v) is 6.07. The highest BCUT2D eigenvalue weighted by molar-refractivity contribution is 5.83. The normalized spacial score (nSPS) is 10.3. The van der Waals surface area contributed by atoms with E-state index in [1.54, 1.807) is 6.92 Å². The van der Waals surface area contributed by atoms with Crippen molar-refractivity contribution in [3.8, 4) is 5.75 Å². The molecule has 3 nitrogen and oxygen atoms in total. The van der Waals surface area contributed by atoms with Crippen molar-refractivity contribution in [2.24, 2.45) is 0 Å². The first-order chi connectivity index (χ1) is 8.79. The molecule has 0 radical (unpaired) electrons. The number of carbonyl (C=O) groups excluding carboxylic acids is 1. The molecule has 18 heavy (non-hydrogen) atoms. The van der Waals surface area contributed by atoms with E-state index in [1.807, 2.05) is 36.4 Å². The Morgan fingerprint density at radius 1 is 1.11 bits per heavy atom. The highest BCUT2D eigenvalue weighted by Gasteiger charge is 2.02. The second kappa shape index (κ2) is 6.05. The average molecular weight is 244 g/mol. The Labute approximate surface area is 106 Å². The summed E-state index contributed by atoms with van der Waals surface area (Å²) in [5, 5.41) is 2.31. The number of ether oxygens (including phenoxy) is 2. The maximum absolute atomic E-state index is 11.1. The zero-order valence-electron chi connectivity index (χ0n) is 10.4. The van der Waals surface area contributed by atoms with Crippen LogP contribution in [0.4, 0.5) is 0 Å². The molecule has 0 aliphatic carbocycles. The lowest BCUT2D eigenvalue weighted by Gasteiger charge is -2.07. The fraction of sp³-hybridized carbons (Fsp3) is 0.267. The smallest absolute Gasteiger partial charge is 0.309 e. The van der Waals surface area contributed by atoms with Gasteiger partial charge in [0.05, 0.1) is 19.6 Å². The van der Waals surface area contributed by atoms with Gasteiger partial charge in [0.15, 0.2) is 0 Å². The van der Waals surface area contributed by atoms with Gasteiger partial charge in [0, 0.05) is 0 Å². The minimum Gasteiger partial charge on any atom is -0.493 e. The van der Waals surface area contributed by atoms with Gasteiger partial charge in [0.25, 0.3) is 0 Å². The van der Waals surface area contributed by atoms with E-state index < -0.39 is 0 Å². The fourth-order valence-corrected chi connectivity index (χ4v) is 1.74. The van der Waals surface area contributed by atoms with E-state index >= 15 is 0 Å². The van der Waals surface area contributed by atoms with Gasteiger partial charge in [-0.25, -0.2) is 0 Å². The van der Waals surface area contributed by atoms with Gasteiger partial charge in [-0.3, -0.25) is 4.79 Å². The fourth-order valence-electron chi connectivity index (χ4n) is 1.74. The molecule has 0 atom stereocenters. The maximum Gasteiger partial charge on any atom is 0.309 e. The zero-order chi connectivity index (χ0) is 12.8. The number of hydrogen-bond donors (Lipinski definition) is 0. The number of hydrogen-bond acceptors (Lipinski definition) is 3. The van der Waals surface area contributed by atoms with Crippen molar-refractivity contribution in [1.82, 2.24) is 0 Å². The molecule has 0 aliphatic rings. The summed E-state index contributed by atoms with van der Waals surface area (Å²) in [6, 6.07) is 14.0. The predicted octanol–water partition coefficient (Wildman–Crippen LogP) is 3.17. The Balaban J connectivity index is 1.93. The highest BCUT2D eigenvalue weighted by atomic mass is 16.5. The summed E-state index contributed by atoms with van der Waals surface area (Å²) in [6.45, 7) is 2.55. The Hall–Kier alpha value is -2.03. The van der Waals surface area contributed by atoms with Crippen molar-refractivity contribution in [2.45, 2.75) is 13.3 Å². The molecule has 0 saturated carbocycles. The van der Waals surface area contributed by atoms with Crippen LogP contribution in [0.2, 0.25) is 0 Å². The average Bonchev–Trinajstić information content (AvgIpc) is 2.39. The van der Waals surface area contributed by atoms with Crippen LogP contribution in [0.3, 0.4) is 0 Å². The van der Waals surface area contributed by atoms with Gasteiger partial charge in [-0.15, -0.1) is 0 Å². The van der Waals surface area contributed by atoms with E-state index in [0.29, 0.717) is 13.2 Å². The van der Waals surface area contributed by atoms with Crippen LogP contribution >= 0.6 is 0 Å². The highest BCUT2D eigenvalue weighted by Crippen LogP contribution is 2.20. The molecule has 0 aromatic heterocycles. The third kappa shape index (κ3) is 3.23. The zero-order valence-corrected chi connectivity index (χ0v) is 10.4. The Morgan fingerprint density at radius 2 is 1.89 bits per heavy atom. The van der Waals surface area contributed by atoms with Crippen molar-refractivity contribution in [3.63, 3.8) is 0 Å². The molecule has 0 saturated heterocycles. The summed E-state index contributed by atoms with van der Waals surface area (Å²) in [4.78, 5) is 11.1. The summed E-state index contributed by atoms with van der Waals surface area (Å²) in [5.41, 5.74) is 0. The van der Waals surface area contributed by atoms with E-state index in [2.05, 4.69) is 6.07 Å². The molecule has 3 heteroatoms. The van der Waals surface area contributed by atoms with Crippen molar-refractivity contribution >= 4 is 16.7 Å². The van der Waals surface area contributed by atoms with Crippen molar-refractivity contribution in [1.29, 1.82) is 0 Å². The van der Waals surface area contributed by atoms with Gasteiger partial charge >= 0.3 is 5.97 Å². The first-order valence-electron chi connectivity index (χ1n) is 6.07. The molecular weight excluding hydrogens is 228 g/mol. The van der Waals surface area contributed by atoms with E-state index in [1.165, 1.54) is 5.39 Å². The van der Waals surface area contributed by atoms with Gasteiger partial charge in [-0.1, -0.05) is 30.3 Å². The molecular formula is C15H16O3. The predicted molar refractivity (Wildman–Crippen MR) is 70.7 cm³/mol. The molecule has 0 aliphatic heterocycles. The quantitative estimate of drug-likeness (QED) is 0.758. The summed E-state index contributed by atoms with van der Waals surface area (Å²) >= 11 is 0. The minimum atomic E-state index is -0.224. The molecule has 2 aromatic rings. The first kappa shape index (κ1) is 12.4. The molecule has 2 aromatic carbocycles. The molecule has 0 unspecified atom stereocenters. The Bertz CT molecular complexity index is 534. The summed E-state index contributed by atoms with van der Waals surface area (Å²) in [6.07, 6.45) is 0.278. The molecule has 94 valence electrons. The van der Waals surface area contributed by atoms with Gasteiger partial charge < -0.3 is 9.47 Å². The lowest BCUT2D eigenvalue weighted by Crippen LogP contribution is -2.09. The van der Waals surface area contributed by atoms with E-state index in [0.717, 1.165) is 11.1 Å². The Kier molecular flexibility index (Phi) is 4.18. The van der Waals surface area contributed by atoms with E-state index in [-0.39, 0.29) is 12.4 Å². The van der Waals surface area contributed by atoms with Gasteiger partial charge in [0.2, 0.25) is 0 Å². The SMILES string of the molecule is CCOC(=O)CCOc1ccc2ccccc2c1. The molecule has 0 amide bonds. The lowest BCUT2D eigenvalue weighted by molar-refractivity contribution is -0.143.